The summed E-state index contributed by atoms with van der Waals surface area (Å²) in [6.45, 7) is 10.2. The predicted octanol–water partition coefficient (Wildman–Crippen LogP) is 2.74. The monoisotopic (exact) mass is 164 g/mol. The van der Waals surface area contributed by atoms with E-state index in [4.69, 9.17) is 0 Å². The molecule has 0 aliphatic carbocycles. The normalized spacial score (nSPS) is 11.6. The lowest BCUT2D eigenvalue weighted by molar-refractivity contribution is 0.492. The minimum absolute atomic E-state index is 0.164. The van der Waals surface area contributed by atoms with E-state index >= 15 is 0 Å². The van der Waals surface area contributed by atoms with Crippen LogP contribution in [0.2, 0.25) is 0 Å². The van der Waals surface area contributed by atoms with Gasteiger partial charge in [0.25, 0.3) is 0 Å². The van der Waals surface area contributed by atoms with Gasteiger partial charge in [0.1, 0.15) is 5.82 Å². The third kappa shape index (κ3) is 1.58. The average molecular weight is 164 g/mol. The van der Waals surface area contributed by atoms with E-state index in [0.29, 0.717) is 0 Å². The van der Waals surface area contributed by atoms with Gasteiger partial charge in [0.05, 0.1) is 5.69 Å². The zero-order chi connectivity index (χ0) is 9.19. The molecule has 0 aliphatic rings. The Hall–Kier alpha value is -1.05. The number of imidazole rings is 1. The van der Waals surface area contributed by atoms with Crippen LogP contribution in [0.25, 0.3) is 6.08 Å². The standard InChI is InChI=1S/C10H16N2/c1-5-9-11-7-8(12-9)10(3,4)6-2/h5,7H,1,6H2,2-4H3,(H,11,12). The highest BCUT2D eigenvalue weighted by Crippen LogP contribution is 2.24. The third-order valence-electron chi connectivity index (χ3n) is 2.37. The second-order valence-corrected chi connectivity index (χ2v) is 3.61. The van der Waals surface area contributed by atoms with E-state index in [9.17, 15) is 0 Å². The van der Waals surface area contributed by atoms with Crippen LogP contribution in [0.5, 0.6) is 0 Å². The number of hydrogen-bond acceptors (Lipinski definition) is 1. The van der Waals surface area contributed by atoms with Gasteiger partial charge in [-0.3, -0.25) is 0 Å². The van der Waals surface area contributed by atoms with Crippen LogP contribution in [0.1, 0.15) is 38.7 Å². The third-order valence-corrected chi connectivity index (χ3v) is 2.37. The SMILES string of the molecule is C=Cc1nc(C(C)(C)CC)c[nH]1. The van der Waals surface area contributed by atoms with Crippen molar-refractivity contribution in [2.75, 3.05) is 0 Å². The number of aromatic amines is 1. The Bertz CT molecular complexity index is 271. The number of hydrogen-bond donors (Lipinski definition) is 1. The first-order valence-corrected chi connectivity index (χ1v) is 4.28. The summed E-state index contributed by atoms with van der Waals surface area (Å²) in [6.07, 6.45) is 4.78. The molecule has 0 aromatic carbocycles. The number of rotatable bonds is 3. The van der Waals surface area contributed by atoms with E-state index in [-0.39, 0.29) is 5.41 Å². The predicted molar refractivity (Wildman–Crippen MR) is 52.0 cm³/mol. The summed E-state index contributed by atoms with van der Waals surface area (Å²) in [5.41, 5.74) is 1.28. The van der Waals surface area contributed by atoms with Crippen molar-refractivity contribution in [1.82, 2.24) is 9.97 Å². The van der Waals surface area contributed by atoms with Crippen molar-refractivity contribution >= 4 is 6.08 Å². The Morgan fingerprint density at radius 3 is 2.75 bits per heavy atom. The van der Waals surface area contributed by atoms with Crippen molar-refractivity contribution in [2.24, 2.45) is 0 Å². The van der Waals surface area contributed by atoms with E-state index in [1.807, 2.05) is 6.20 Å². The number of aromatic nitrogens is 2. The lowest BCUT2D eigenvalue weighted by Crippen LogP contribution is -2.15. The molecule has 66 valence electrons. The Balaban J connectivity index is 2.95. The lowest BCUT2D eigenvalue weighted by Gasteiger charge is -2.19. The van der Waals surface area contributed by atoms with E-state index < -0.39 is 0 Å². The molecule has 0 fully saturated rings. The van der Waals surface area contributed by atoms with Gasteiger partial charge in [0, 0.05) is 11.6 Å². The Morgan fingerprint density at radius 2 is 2.33 bits per heavy atom. The zero-order valence-electron chi connectivity index (χ0n) is 8.02. The Labute approximate surface area is 73.7 Å². The molecule has 12 heavy (non-hydrogen) atoms. The minimum atomic E-state index is 0.164. The molecule has 0 unspecified atom stereocenters. The second kappa shape index (κ2) is 3.13. The first-order chi connectivity index (χ1) is 5.60. The molecule has 0 spiro atoms. The molecule has 1 aromatic rings. The van der Waals surface area contributed by atoms with Crippen molar-refractivity contribution < 1.29 is 0 Å². The first kappa shape index (κ1) is 9.04. The van der Waals surface area contributed by atoms with Crippen LogP contribution >= 0.6 is 0 Å². The molecule has 0 aliphatic heterocycles. The minimum Gasteiger partial charge on any atom is -0.345 e. The number of H-pyrrole nitrogens is 1. The maximum Gasteiger partial charge on any atom is 0.129 e. The highest BCUT2D eigenvalue weighted by Gasteiger charge is 2.20. The fraction of sp³-hybridized carbons (Fsp3) is 0.500. The summed E-state index contributed by atoms with van der Waals surface area (Å²) in [6, 6.07) is 0. The van der Waals surface area contributed by atoms with Gasteiger partial charge < -0.3 is 4.98 Å². The molecule has 0 saturated heterocycles. The number of nitrogens with zero attached hydrogens (tertiary/aromatic N) is 1. The van der Waals surface area contributed by atoms with E-state index in [1.165, 1.54) is 0 Å². The Morgan fingerprint density at radius 1 is 1.67 bits per heavy atom. The highest BCUT2D eigenvalue weighted by molar-refractivity contribution is 5.37. The average Bonchev–Trinajstić information content (AvgIpc) is 2.52. The van der Waals surface area contributed by atoms with Gasteiger partial charge in [0.15, 0.2) is 0 Å². The molecule has 1 N–H and O–H groups in total. The zero-order valence-corrected chi connectivity index (χ0v) is 8.02. The van der Waals surface area contributed by atoms with Crippen LogP contribution < -0.4 is 0 Å². The Kier molecular flexibility index (Phi) is 2.36. The maximum absolute atomic E-state index is 4.40. The first-order valence-electron chi connectivity index (χ1n) is 4.28. The van der Waals surface area contributed by atoms with Crippen LogP contribution in [0, 0.1) is 0 Å². The molecular weight excluding hydrogens is 148 g/mol. The molecule has 0 saturated carbocycles. The van der Waals surface area contributed by atoms with Crippen molar-refractivity contribution in [3.05, 3.63) is 24.3 Å². The molecule has 0 radical (unpaired) electrons. The lowest BCUT2D eigenvalue weighted by atomic mass is 9.87. The molecule has 0 bridgehead atoms. The highest BCUT2D eigenvalue weighted by atomic mass is 14.9. The summed E-state index contributed by atoms with van der Waals surface area (Å²) in [5.74, 6) is 0.853. The molecule has 2 heteroatoms. The van der Waals surface area contributed by atoms with E-state index in [2.05, 4.69) is 37.3 Å². The molecule has 0 amide bonds. The van der Waals surface area contributed by atoms with Crippen LogP contribution in [0.15, 0.2) is 12.8 Å². The topological polar surface area (TPSA) is 28.7 Å². The number of nitrogens with one attached hydrogen (secondary N) is 1. The van der Waals surface area contributed by atoms with Crippen LogP contribution in [0.4, 0.5) is 0 Å². The second-order valence-electron chi connectivity index (χ2n) is 3.61. The van der Waals surface area contributed by atoms with Gasteiger partial charge in [-0.2, -0.15) is 0 Å². The fourth-order valence-electron chi connectivity index (χ4n) is 0.969. The summed E-state index contributed by atoms with van der Waals surface area (Å²) >= 11 is 0. The van der Waals surface area contributed by atoms with Gasteiger partial charge in [-0.1, -0.05) is 27.4 Å². The summed E-state index contributed by atoms with van der Waals surface area (Å²) < 4.78 is 0. The summed E-state index contributed by atoms with van der Waals surface area (Å²) in [4.78, 5) is 7.46. The molecular formula is C10H16N2. The quantitative estimate of drug-likeness (QED) is 0.731. The van der Waals surface area contributed by atoms with Gasteiger partial charge in [0.2, 0.25) is 0 Å². The molecule has 2 nitrogen and oxygen atoms in total. The van der Waals surface area contributed by atoms with Crippen LogP contribution in [-0.2, 0) is 5.41 Å². The van der Waals surface area contributed by atoms with Crippen molar-refractivity contribution in [1.29, 1.82) is 0 Å². The van der Waals surface area contributed by atoms with Crippen LogP contribution in [0.3, 0.4) is 0 Å². The molecule has 1 heterocycles. The van der Waals surface area contributed by atoms with Gasteiger partial charge in [-0.25, -0.2) is 4.98 Å². The fourth-order valence-corrected chi connectivity index (χ4v) is 0.969. The van der Waals surface area contributed by atoms with Crippen LogP contribution in [-0.4, -0.2) is 9.97 Å². The summed E-state index contributed by atoms with van der Waals surface area (Å²) in [5, 5.41) is 0. The molecule has 1 aromatic heterocycles. The van der Waals surface area contributed by atoms with Crippen molar-refractivity contribution in [3.63, 3.8) is 0 Å². The maximum atomic E-state index is 4.40. The van der Waals surface area contributed by atoms with E-state index in [1.54, 1.807) is 6.08 Å². The van der Waals surface area contributed by atoms with Gasteiger partial charge >= 0.3 is 0 Å². The largest absolute Gasteiger partial charge is 0.345 e. The van der Waals surface area contributed by atoms with Gasteiger partial charge in [-0.15, -0.1) is 0 Å². The van der Waals surface area contributed by atoms with Crippen molar-refractivity contribution in [3.8, 4) is 0 Å². The smallest absolute Gasteiger partial charge is 0.129 e. The van der Waals surface area contributed by atoms with Crippen molar-refractivity contribution in [2.45, 2.75) is 32.6 Å². The summed E-state index contributed by atoms with van der Waals surface area (Å²) in [7, 11) is 0. The van der Waals surface area contributed by atoms with E-state index in [0.717, 1.165) is 17.9 Å². The molecule has 0 atom stereocenters. The van der Waals surface area contributed by atoms with Gasteiger partial charge in [-0.05, 0) is 12.5 Å². The molecule has 1 rings (SSSR count).